The highest BCUT2D eigenvalue weighted by Crippen LogP contribution is 2.48. The summed E-state index contributed by atoms with van der Waals surface area (Å²) in [4.78, 5) is 11.3. The zero-order valence-corrected chi connectivity index (χ0v) is 16.7. The Balaban J connectivity index is 3.03. The van der Waals surface area contributed by atoms with Crippen LogP contribution in [0.1, 0.15) is 54.4 Å². The van der Waals surface area contributed by atoms with E-state index < -0.39 is 8.32 Å². The first-order chi connectivity index (χ1) is 9.79. The fourth-order valence-corrected chi connectivity index (χ4v) is 4.42. The Morgan fingerprint density at radius 1 is 1.36 bits per heavy atom. The van der Waals surface area contributed by atoms with Gasteiger partial charge in [-0.3, -0.25) is 4.79 Å². The molecule has 2 nitrogen and oxygen atoms in total. The first-order valence-electron chi connectivity index (χ1n) is 8.33. The van der Waals surface area contributed by atoms with Crippen molar-refractivity contribution in [3.63, 3.8) is 0 Å². The lowest BCUT2D eigenvalue weighted by atomic mass is 9.65. The van der Waals surface area contributed by atoms with Crippen molar-refractivity contribution in [2.24, 2.45) is 11.3 Å². The Morgan fingerprint density at radius 3 is 2.36 bits per heavy atom. The molecule has 1 fully saturated rings. The van der Waals surface area contributed by atoms with Gasteiger partial charge in [0.05, 0.1) is 6.10 Å². The maximum atomic E-state index is 11.3. The van der Waals surface area contributed by atoms with Crippen molar-refractivity contribution in [2.75, 3.05) is 0 Å². The van der Waals surface area contributed by atoms with Crippen LogP contribution in [0.3, 0.4) is 0 Å². The normalized spacial score (nSPS) is 26.5. The maximum absolute atomic E-state index is 11.3. The van der Waals surface area contributed by atoms with E-state index in [1.807, 2.05) is 6.08 Å². The second-order valence-electron chi connectivity index (χ2n) is 8.83. The second-order valence-corrected chi connectivity index (χ2v) is 13.6. The van der Waals surface area contributed by atoms with Gasteiger partial charge in [-0.25, -0.2) is 0 Å². The third kappa shape index (κ3) is 4.20. The van der Waals surface area contributed by atoms with E-state index in [1.54, 1.807) is 13.0 Å². The third-order valence-electron chi connectivity index (χ3n) is 5.57. The van der Waals surface area contributed by atoms with Crippen molar-refractivity contribution in [1.29, 1.82) is 0 Å². The Bertz CT molecular complexity index is 466. The molecule has 1 rings (SSSR count). The number of carbonyl (C=O) groups is 1. The zero-order chi connectivity index (χ0) is 17.3. The largest absolute Gasteiger partial charge is 0.413 e. The fraction of sp³-hybridized carbons (Fsp3) is 0.737. The van der Waals surface area contributed by atoms with Gasteiger partial charge in [0.25, 0.3) is 0 Å². The van der Waals surface area contributed by atoms with Gasteiger partial charge in [-0.15, -0.1) is 0 Å². The van der Waals surface area contributed by atoms with Crippen LogP contribution >= 0.6 is 0 Å². The summed E-state index contributed by atoms with van der Waals surface area (Å²) in [6.45, 7) is 21.8. The smallest absolute Gasteiger partial charge is 0.192 e. The second kappa shape index (κ2) is 6.44. The SMILES string of the molecule is C=C1CC[C@H](O[Si](C)(C)C(C)(C)C)C(C)(C)[C@@H]1/C=C/C(C)=O. The Kier molecular flexibility index (Phi) is 5.67. The van der Waals surface area contributed by atoms with Crippen molar-refractivity contribution < 1.29 is 9.22 Å². The first-order valence-corrected chi connectivity index (χ1v) is 11.2. The standard InChI is InChI=1S/C19H34O2Si/c1-14-10-13-17(21-22(8,9)18(3,4)5)19(6,7)16(14)12-11-15(2)20/h11-12,16-17H,1,10,13H2,2-9H3/b12-11+/t16-,17+/m1/s1. The molecule has 0 aromatic rings. The highest BCUT2D eigenvalue weighted by molar-refractivity contribution is 6.74. The Hall–Kier alpha value is -0.673. The fourth-order valence-electron chi connectivity index (χ4n) is 2.93. The number of hydrogen-bond donors (Lipinski definition) is 0. The maximum Gasteiger partial charge on any atom is 0.192 e. The first kappa shape index (κ1) is 19.4. The number of ketones is 1. The minimum Gasteiger partial charge on any atom is -0.413 e. The van der Waals surface area contributed by atoms with Crippen molar-refractivity contribution in [3.8, 4) is 0 Å². The predicted octanol–water partition coefficient (Wildman–Crippen LogP) is 5.51. The molecule has 0 amide bonds. The van der Waals surface area contributed by atoms with Crippen LogP contribution in [0.4, 0.5) is 0 Å². The third-order valence-corrected chi connectivity index (χ3v) is 10.1. The van der Waals surface area contributed by atoms with Crippen LogP contribution in [0.15, 0.2) is 24.3 Å². The average Bonchev–Trinajstić information content (AvgIpc) is 2.30. The molecule has 1 aliphatic carbocycles. The number of rotatable bonds is 4. The minimum absolute atomic E-state index is 0.0309. The summed E-state index contributed by atoms with van der Waals surface area (Å²) in [6.07, 6.45) is 5.96. The molecule has 0 N–H and O–H groups in total. The molecule has 2 atom stereocenters. The van der Waals surface area contributed by atoms with Crippen LogP contribution < -0.4 is 0 Å². The van der Waals surface area contributed by atoms with E-state index >= 15 is 0 Å². The van der Waals surface area contributed by atoms with Crippen molar-refractivity contribution in [3.05, 3.63) is 24.3 Å². The van der Waals surface area contributed by atoms with E-state index in [0.29, 0.717) is 0 Å². The van der Waals surface area contributed by atoms with Crippen LogP contribution in [-0.4, -0.2) is 20.2 Å². The molecule has 0 spiro atoms. The van der Waals surface area contributed by atoms with Gasteiger partial charge in [0, 0.05) is 5.92 Å². The van der Waals surface area contributed by atoms with Gasteiger partial charge in [-0.05, 0) is 49.4 Å². The summed E-state index contributed by atoms with van der Waals surface area (Å²) >= 11 is 0. The van der Waals surface area contributed by atoms with Gasteiger partial charge in [0.1, 0.15) is 0 Å². The molecule has 0 aromatic carbocycles. The van der Waals surface area contributed by atoms with Gasteiger partial charge in [-0.1, -0.05) is 52.8 Å². The summed E-state index contributed by atoms with van der Waals surface area (Å²) < 4.78 is 6.72. The van der Waals surface area contributed by atoms with Crippen molar-refractivity contribution >= 4 is 14.1 Å². The summed E-state index contributed by atoms with van der Waals surface area (Å²) in [7, 11) is -1.80. The molecule has 22 heavy (non-hydrogen) atoms. The molecular weight excluding hydrogens is 288 g/mol. The topological polar surface area (TPSA) is 26.3 Å². The molecule has 0 heterocycles. The summed E-state index contributed by atoms with van der Waals surface area (Å²) in [5, 5.41) is 0.211. The molecular formula is C19H34O2Si. The monoisotopic (exact) mass is 322 g/mol. The van der Waals surface area contributed by atoms with E-state index in [4.69, 9.17) is 4.43 Å². The van der Waals surface area contributed by atoms with E-state index in [9.17, 15) is 4.79 Å². The average molecular weight is 323 g/mol. The number of hydrogen-bond acceptors (Lipinski definition) is 2. The van der Waals surface area contributed by atoms with Crippen molar-refractivity contribution in [1.82, 2.24) is 0 Å². The predicted molar refractivity (Wildman–Crippen MR) is 97.5 cm³/mol. The van der Waals surface area contributed by atoms with Gasteiger partial charge in [-0.2, -0.15) is 0 Å². The molecule has 126 valence electrons. The lowest BCUT2D eigenvalue weighted by molar-refractivity contribution is -0.112. The van der Waals surface area contributed by atoms with Crippen LogP contribution in [0.5, 0.6) is 0 Å². The highest BCUT2D eigenvalue weighted by Gasteiger charge is 2.47. The molecule has 0 saturated heterocycles. The lowest BCUT2D eigenvalue weighted by Gasteiger charge is -2.50. The molecule has 3 heteroatoms. The van der Waals surface area contributed by atoms with Gasteiger partial charge in [0.2, 0.25) is 0 Å². The Morgan fingerprint density at radius 2 is 1.91 bits per heavy atom. The van der Waals surface area contributed by atoms with Gasteiger partial charge >= 0.3 is 0 Å². The molecule has 1 saturated carbocycles. The molecule has 0 aromatic heterocycles. The van der Waals surface area contributed by atoms with E-state index in [1.165, 1.54) is 5.57 Å². The quantitative estimate of drug-likeness (QED) is 0.387. The molecule has 0 unspecified atom stereocenters. The van der Waals surface area contributed by atoms with E-state index in [-0.39, 0.29) is 28.3 Å². The highest BCUT2D eigenvalue weighted by atomic mass is 28.4. The van der Waals surface area contributed by atoms with Crippen LogP contribution in [-0.2, 0) is 9.22 Å². The van der Waals surface area contributed by atoms with Crippen LogP contribution in [0.2, 0.25) is 18.1 Å². The van der Waals surface area contributed by atoms with E-state index in [2.05, 4.69) is 54.3 Å². The Labute approximate surface area is 138 Å². The van der Waals surface area contributed by atoms with Crippen molar-refractivity contribution in [2.45, 2.75) is 78.6 Å². The molecule has 0 aliphatic heterocycles. The molecule has 0 bridgehead atoms. The minimum atomic E-state index is -1.80. The summed E-state index contributed by atoms with van der Waals surface area (Å²) in [5.41, 5.74) is 1.19. The van der Waals surface area contributed by atoms with E-state index in [0.717, 1.165) is 12.8 Å². The summed E-state index contributed by atoms with van der Waals surface area (Å²) in [6, 6.07) is 0. The van der Waals surface area contributed by atoms with Crippen LogP contribution in [0, 0.1) is 11.3 Å². The number of carbonyl (C=O) groups excluding carboxylic acids is 1. The lowest BCUT2D eigenvalue weighted by Crippen LogP contribution is -2.51. The van der Waals surface area contributed by atoms with Gasteiger partial charge in [0.15, 0.2) is 14.1 Å². The number of allylic oxidation sites excluding steroid dienone is 3. The molecule has 0 radical (unpaired) electrons. The zero-order valence-electron chi connectivity index (χ0n) is 15.7. The molecule has 1 aliphatic rings. The van der Waals surface area contributed by atoms with Crippen LogP contribution in [0.25, 0.3) is 0 Å². The summed E-state index contributed by atoms with van der Waals surface area (Å²) in [5.74, 6) is 0.302. The van der Waals surface area contributed by atoms with Gasteiger partial charge < -0.3 is 4.43 Å².